The van der Waals surface area contributed by atoms with E-state index in [9.17, 15) is 18.0 Å². The average molecular weight is 478 g/mol. The molecule has 0 fully saturated rings. The van der Waals surface area contributed by atoms with E-state index in [0.717, 1.165) is 11.3 Å². The van der Waals surface area contributed by atoms with Crippen LogP contribution in [0.3, 0.4) is 0 Å². The molecule has 1 amide bonds. The van der Waals surface area contributed by atoms with Gasteiger partial charge in [-0.1, -0.05) is 12.1 Å². The molecule has 10 heteroatoms. The van der Waals surface area contributed by atoms with Crippen molar-refractivity contribution in [3.63, 3.8) is 0 Å². The van der Waals surface area contributed by atoms with E-state index in [1.54, 1.807) is 20.9 Å². The summed E-state index contributed by atoms with van der Waals surface area (Å²) >= 11 is 0. The zero-order chi connectivity index (χ0) is 24.8. The molecule has 0 aromatic heterocycles. The minimum atomic E-state index is -3.91. The number of nitrogens with one attached hydrogen (secondary N) is 1. The van der Waals surface area contributed by atoms with Crippen LogP contribution in [0.25, 0.3) is 0 Å². The SMILES string of the molecule is COc1ccc(C(=O)OCC(=O)N(C)Cc2ccc(N(C)C)cc2)cc1S(=O)(=O)NC(C)C. The number of carbonyl (C=O) groups is 2. The summed E-state index contributed by atoms with van der Waals surface area (Å²) < 4.78 is 37.9. The molecule has 33 heavy (non-hydrogen) atoms. The van der Waals surface area contributed by atoms with E-state index >= 15 is 0 Å². The Balaban J connectivity index is 2.04. The molecule has 180 valence electrons. The second kappa shape index (κ2) is 11.2. The minimum absolute atomic E-state index is 0.00495. The van der Waals surface area contributed by atoms with Crippen molar-refractivity contribution >= 4 is 27.6 Å². The van der Waals surface area contributed by atoms with E-state index in [4.69, 9.17) is 9.47 Å². The van der Waals surface area contributed by atoms with Crippen molar-refractivity contribution in [3.8, 4) is 5.75 Å². The number of carbonyl (C=O) groups excluding carboxylic acids is 2. The number of anilines is 1. The molecular formula is C23H31N3O6S. The normalized spacial score (nSPS) is 11.2. The van der Waals surface area contributed by atoms with Gasteiger partial charge >= 0.3 is 5.97 Å². The van der Waals surface area contributed by atoms with Crippen LogP contribution in [0.1, 0.15) is 29.8 Å². The molecule has 0 aliphatic heterocycles. The molecule has 0 saturated heterocycles. The number of benzene rings is 2. The molecule has 0 spiro atoms. The Morgan fingerprint density at radius 2 is 1.67 bits per heavy atom. The average Bonchev–Trinajstić information content (AvgIpc) is 2.76. The van der Waals surface area contributed by atoms with Gasteiger partial charge in [0, 0.05) is 39.4 Å². The van der Waals surface area contributed by atoms with Crippen LogP contribution in [-0.4, -0.2) is 66.1 Å². The van der Waals surface area contributed by atoms with Crippen molar-refractivity contribution in [3.05, 3.63) is 53.6 Å². The van der Waals surface area contributed by atoms with Crippen molar-refractivity contribution < 1.29 is 27.5 Å². The van der Waals surface area contributed by atoms with E-state index in [1.807, 2.05) is 43.3 Å². The second-order valence-electron chi connectivity index (χ2n) is 8.03. The summed E-state index contributed by atoms with van der Waals surface area (Å²) in [5.41, 5.74) is 1.98. The van der Waals surface area contributed by atoms with Gasteiger partial charge in [0.1, 0.15) is 10.6 Å². The van der Waals surface area contributed by atoms with Crippen LogP contribution < -0.4 is 14.4 Å². The van der Waals surface area contributed by atoms with Crippen LogP contribution in [0.4, 0.5) is 5.69 Å². The van der Waals surface area contributed by atoms with Crippen molar-refractivity contribution in [2.75, 3.05) is 39.8 Å². The highest BCUT2D eigenvalue weighted by molar-refractivity contribution is 7.89. The van der Waals surface area contributed by atoms with Gasteiger partial charge in [-0.3, -0.25) is 4.79 Å². The highest BCUT2D eigenvalue weighted by Gasteiger charge is 2.23. The van der Waals surface area contributed by atoms with Crippen LogP contribution in [0.5, 0.6) is 5.75 Å². The van der Waals surface area contributed by atoms with E-state index in [0.29, 0.717) is 6.54 Å². The molecule has 2 rings (SSSR count). The predicted molar refractivity (Wildman–Crippen MR) is 126 cm³/mol. The van der Waals surface area contributed by atoms with Crippen LogP contribution in [-0.2, 0) is 26.1 Å². The Morgan fingerprint density at radius 3 is 2.21 bits per heavy atom. The number of likely N-dealkylation sites (N-methyl/N-ethyl adjacent to an activating group) is 1. The van der Waals surface area contributed by atoms with Crippen LogP contribution in [0, 0.1) is 0 Å². The minimum Gasteiger partial charge on any atom is -0.495 e. The number of nitrogens with zero attached hydrogens (tertiary/aromatic N) is 2. The first-order valence-electron chi connectivity index (χ1n) is 10.3. The molecule has 2 aromatic rings. The fourth-order valence-electron chi connectivity index (χ4n) is 2.97. The van der Waals surface area contributed by atoms with Crippen molar-refractivity contribution in [2.45, 2.75) is 31.3 Å². The topological polar surface area (TPSA) is 105 Å². The first kappa shape index (κ1) is 26.1. The zero-order valence-corrected chi connectivity index (χ0v) is 20.6. The van der Waals surface area contributed by atoms with Crippen molar-refractivity contribution in [1.82, 2.24) is 9.62 Å². The first-order chi connectivity index (χ1) is 15.4. The van der Waals surface area contributed by atoms with Crippen molar-refractivity contribution in [1.29, 1.82) is 0 Å². The van der Waals surface area contributed by atoms with Gasteiger partial charge in [0.2, 0.25) is 10.0 Å². The Hall–Kier alpha value is -3.11. The molecule has 0 aliphatic rings. The van der Waals surface area contributed by atoms with Crippen LogP contribution >= 0.6 is 0 Å². The predicted octanol–water partition coefficient (Wildman–Crippen LogP) is 2.26. The molecule has 0 radical (unpaired) electrons. The molecule has 2 aromatic carbocycles. The lowest BCUT2D eigenvalue weighted by atomic mass is 10.2. The number of hydrogen-bond acceptors (Lipinski definition) is 7. The highest BCUT2D eigenvalue weighted by atomic mass is 32.2. The summed E-state index contributed by atoms with van der Waals surface area (Å²) in [6, 6.07) is 11.3. The van der Waals surface area contributed by atoms with E-state index in [-0.39, 0.29) is 28.2 Å². The number of esters is 1. The quantitative estimate of drug-likeness (QED) is 0.523. The Labute approximate surface area is 195 Å². The van der Waals surface area contributed by atoms with E-state index < -0.39 is 22.6 Å². The zero-order valence-electron chi connectivity index (χ0n) is 19.8. The Bertz CT molecular complexity index is 1080. The number of rotatable bonds is 10. The molecule has 1 N–H and O–H groups in total. The summed E-state index contributed by atoms with van der Waals surface area (Å²) in [7, 11) is 2.94. The van der Waals surface area contributed by atoms with Gasteiger partial charge in [0.25, 0.3) is 5.91 Å². The maximum absolute atomic E-state index is 12.6. The summed E-state index contributed by atoms with van der Waals surface area (Å²) in [6.07, 6.45) is 0. The Kier molecular flexibility index (Phi) is 8.84. The lowest BCUT2D eigenvalue weighted by Gasteiger charge is -2.18. The summed E-state index contributed by atoms with van der Waals surface area (Å²) in [4.78, 5) is 28.1. The molecule has 0 atom stereocenters. The maximum atomic E-state index is 12.6. The standard InChI is InChI=1S/C23H31N3O6S/c1-16(2)24-33(29,30)21-13-18(9-12-20(21)31-6)23(28)32-15-22(27)26(5)14-17-7-10-19(11-8-17)25(3)4/h7-13,16,24H,14-15H2,1-6H3. The third-order valence-corrected chi connectivity index (χ3v) is 6.38. The molecule has 0 saturated carbocycles. The lowest BCUT2D eigenvalue weighted by molar-refractivity contribution is -0.133. The third kappa shape index (κ3) is 7.19. The number of amides is 1. The number of hydrogen-bond donors (Lipinski definition) is 1. The summed E-state index contributed by atoms with van der Waals surface area (Å²) in [6.45, 7) is 3.25. The van der Waals surface area contributed by atoms with Gasteiger partial charge in [0.05, 0.1) is 12.7 Å². The molecular weight excluding hydrogens is 446 g/mol. The Morgan fingerprint density at radius 1 is 1.03 bits per heavy atom. The smallest absolute Gasteiger partial charge is 0.338 e. The lowest BCUT2D eigenvalue weighted by Crippen LogP contribution is -2.31. The summed E-state index contributed by atoms with van der Waals surface area (Å²) in [5, 5.41) is 0. The first-order valence-corrected chi connectivity index (χ1v) is 11.8. The van der Waals surface area contributed by atoms with Gasteiger partial charge in [-0.15, -0.1) is 0 Å². The molecule has 9 nitrogen and oxygen atoms in total. The number of methoxy groups -OCH3 is 1. The fraction of sp³-hybridized carbons (Fsp3) is 0.391. The number of sulfonamides is 1. The van der Waals surface area contributed by atoms with Gasteiger partial charge in [-0.2, -0.15) is 0 Å². The largest absolute Gasteiger partial charge is 0.495 e. The van der Waals surface area contributed by atoms with Crippen molar-refractivity contribution in [2.24, 2.45) is 0 Å². The fourth-order valence-corrected chi connectivity index (χ4v) is 4.42. The third-order valence-electron chi connectivity index (χ3n) is 4.70. The van der Waals surface area contributed by atoms with Gasteiger partial charge in [-0.05, 0) is 49.7 Å². The second-order valence-corrected chi connectivity index (χ2v) is 9.71. The van der Waals surface area contributed by atoms with E-state index in [1.165, 1.54) is 30.2 Å². The number of ether oxygens (including phenoxy) is 2. The van der Waals surface area contributed by atoms with Crippen LogP contribution in [0.2, 0.25) is 0 Å². The van der Waals surface area contributed by atoms with Gasteiger partial charge in [-0.25, -0.2) is 17.9 Å². The summed E-state index contributed by atoms with van der Waals surface area (Å²) in [5.74, 6) is -1.10. The highest BCUT2D eigenvalue weighted by Crippen LogP contribution is 2.25. The van der Waals surface area contributed by atoms with E-state index in [2.05, 4.69) is 4.72 Å². The monoisotopic (exact) mass is 477 g/mol. The molecule has 0 aliphatic carbocycles. The van der Waals surface area contributed by atoms with Crippen LogP contribution in [0.15, 0.2) is 47.4 Å². The molecule has 0 bridgehead atoms. The molecule has 0 heterocycles. The maximum Gasteiger partial charge on any atom is 0.338 e. The van der Waals surface area contributed by atoms with Gasteiger partial charge < -0.3 is 19.3 Å². The van der Waals surface area contributed by atoms with Gasteiger partial charge in [0.15, 0.2) is 6.61 Å². The molecule has 0 unspecified atom stereocenters.